The van der Waals surface area contributed by atoms with Crippen LogP contribution in [0.2, 0.25) is 0 Å². The molecule has 2 saturated carbocycles. The number of fused-ring (bicyclic) bond motifs is 5. The van der Waals surface area contributed by atoms with Crippen molar-refractivity contribution in [1.29, 1.82) is 0 Å². The summed E-state index contributed by atoms with van der Waals surface area (Å²) in [5.41, 5.74) is 2.23. The monoisotopic (exact) mass is 366 g/mol. The second-order valence-corrected chi connectivity index (χ2v) is 8.73. The van der Waals surface area contributed by atoms with Crippen molar-refractivity contribution >= 4 is 16.2 Å². The first kappa shape index (κ1) is 18.4. The lowest BCUT2D eigenvalue weighted by Crippen LogP contribution is -2.42. The van der Waals surface area contributed by atoms with E-state index in [1.165, 1.54) is 5.56 Å². The van der Waals surface area contributed by atoms with Gasteiger partial charge in [0.25, 0.3) is 0 Å². The molecule has 138 valence electrons. The van der Waals surface area contributed by atoms with Gasteiger partial charge in [0.1, 0.15) is 11.5 Å². The SMILES string of the molecule is C.C[C@]12CC[C@@H]3c4ccc(OS(=O)(=O)O)cc4CC[C@H]3[C@@H]1CCC2=O. The summed E-state index contributed by atoms with van der Waals surface area (Å²) in [6.07, 6.45) is 5.57. The molecule has 1 aromatic carbocycles. The van der Waals surface area contributed by atoms with Crippen molar-refractivity contribution in [2.75, 3.05) is 0 Å². The average Bonchev–Trinajstić information content (AvgIpc) is 2.81. The van der Waals surface area contributed by atoms with Crippen LogP contribution in [0.25, 0.3) is 0 Å². The van der Waals surface area contributed by atoms with E-state index in [0.717, 1.165) is 44.1 Å². The van der Waals surface area contributed by atoms with Crippen LogP contribution in [-0.2, 0) is 21.6 Å². The number of hydrogen-bond acceptors (Lipinski definition) is 4. The van der Waals surface area contributed by atoms with Crippen LogP contribution in [0.5, 0.6) is 5.75 Å². The highest BCUT2D eigenvalue weighted by molar-refractivity contribution is 7.81. The number of benzene rings is 1. The Hall–Kier alpha value is -1.40. The van der Waals surface area contributed by atoms with Crippen LogP contribution >= 0.6 is 0 Å². The highest BCUT2D eigenvalue weighted by Gasteiger charge is 2.54. The first-order valence-corrected chi connectivity index (χ1v) is 9.97. The molecule has 2 fully saturated rings. The van der Waals surface area contributed by atoms with E-state index >= 15 is 0 Å². The van der Waals surface area contributed by atoms with Crippen molar-refractivity contribution in [1.82, 2.24) is 0 Å². The molecule has 0 unspecified atom stereocenters. The fourth-order valence-corrected chi connectivity index (χ4v) is 5.85. The Kier molecular flexibility index (Phi) is 4.48. The molecule has 25 heavy (non-hydrogen) atoms. The largest absolute Gasteiger partial charge is 0.446 e. The number of rotatable bonds is 2. The zero-order valence-corrected chi connectivity index (χ0v) is 14.5. The molecule has 1 N–H and O–H groups in total. The molecule has 0 saturated heterocycles. The van der Waals surface area contributed by atoms with Crippen LogP contribution in [0.3, 0.4) is 0 Å². The quantitative estimate of drug-likeness (QED) is 0.802. The van der Waals surface area contributed by atoms with Gasteiger partial charge in [0.05, 0.1) is 0 Å². The Morgan fingerprint density at radius 1 is 1.20 bits per heavy atom. The number of Topliss-reactive ketones (excluding diaryl/α,β-unsaturated/α-hetero) is 1. The van der Waals surface area contributed by atoms with Crippen LogP contribution in [0, 0.1) is 17.3 Å². The van der Waals surface area contributed by atoms with Crippen LogP contribution < -0.4 is 4.18 Å². The van der Waals surface area contributed by atoms with Gasteiger partial charge in [0.2, 0.25) is 0 Å². The number of carbonyl (C=O) groups excluding carboxylic acids is 1. The third-order valence-electron chi connectivity index (χ3n) is 6.61. The van der Waals surface area contributed by atoms with E-state index in [-0.39, 0.29) is 18.6 Å². The molecule has 3 aliphatic rings. The average molecular weight is 366 g/mol. The van der Waals surface area contributed by atoms with E-state index in [1.807, 2.05) is 6.07 Å². The molecular formula is C19H26O5S. The summed E-state index contributed by atoms with van der Waals surface area (Å²) in [6, 6.07) is 5.28. The Morgan fingerprint density at radius 3 is 2.68 bits per heavy atom. The highest BCUT2D eigenvalue weighted by Crippen LogP contribution is 2.59. The molecule has 0 aromatic heterocycles. The minimum atomic E-state index is -4.49. The summed E-state index contributed by atoms with van der Waals surface area (Å²) in [4.78, 5) is 12.3. The Balaban J connectivity index is 0.00000182. The topological polar surface area (TPSA) is 80.7 Å². The van der Waals surface area contributed by atoms with Gasteiger partial charge < -0.3 is 4.18 Å². The van der Waals surface area contributed by atoms with Crippen molar-refractivity contribution in [3.63, 3.8) is 0 Å². The van der Waals surface area contributed by atoms with E-state index < -0.39 is 10.4 Å². The molecule has 0 bridgehead atoms. The fourth-order valence-electron chi connectivity index (χ4n) is 5.50. The van der Waals surface area contributed by atoms with Gasteiger partial charge in [-0.05, 0) is 73.1 Å². The van der Waals surface area contributed by atoms with E-state index in [1.54, 1.807) is 12.1 Å². The summed E-state index contributed by atoms with van der Waals surface area (Å²) in [5.74, 6) is 2.05. The lowest BCUT2D eigenvalue weighted by atomic mass is 9.55. The van der Waals surface area contributed by atoms with Crippen LogP contribution in [0.4, 0.5) is 0 Å². The third kappa shape index (κ3) is 2.99. The molecule has 0 radical (unpaired) electrons. The molecule has 1 aromatic rings. The van der Waals surface area contributed by atoms with Gasteiger partial charge >= 0.3 is 10.4 Å². The summed E-state index contributed by atoms with van der Waals surface area (Å²) >= 11 is 0. The molecule has 4 atom stereocenters. The smallest absolute Gasteiger partial charge is 0.362 e. The lowest BCUT2D eigenvalue weighted by molar-refractivity contribution is -0.129. The van der Waals surface area contributed by atoms with E-state index in [4.69, 9.17) is 4.55 Å². The van der Waals surface area contributed by atoms with Crippen molar-refractivity contribution in [3.05, 3.63) is 29.3 Å². The van der Waals surface area contributed by atoms with Crippen molar-refractivity contribution in [2.24, 2.45) is 17.3 Å². The van der Waals surface area contributed by atoms with E-state index in [2.05, 4.69) is 11.1 Å². The van der Waals surface area contributed by atoms with Crippen LogP contribution in [0.1, 0.15) is 63.5 Å². The lowest BCUT2D eigenvalue weighted by Gasteiger charge is -2.48. The molecular weight excluding hydrogens is 340 g/mol. The summed E-state index contributed by atoms with van der Waals surface area (Å²) in [5, 5.41) is 0. The van der Waals surface area contributed by atoms with Crippen LogP contribution in [-0.4, -0.2) is 18.8 Å². The maximum absolute atomic E-state index is 12.3. The summed E-state index contributed by atoms with van der Waals surface area (Å²) in [6.45, 7) is 2.15. The summed E-state index contributed by atoms with van der Waals surface area (Å²) in [7, 11) is -4.49. The number of aryl methyl sites for hydroxylation is 1. The number of ketones is 1. The third-order valence-corrected chi connectivity index (χ3v) is 7.01. The second kappa shape index (κ2) is 6.09. The summed E-state index contributed by atoms with van der Waals surface area (Å²) < 4.78 is 35.2. The van der Waals surface area contributed by atoms with Gasteiger partial charge in [0.15, 0.2) is 0 Å². The van der Waals surface area contributed by atoms with Gasteiger partial charge in [-0.15, -0.1) is 0 Å². The van der Waals surface area contributed by atoms with Crippen molar-refractivity contribution in [2.45, 2.75) is 58.8 Å². The normalized spacial score (nSPS) is 33.7. The zero-order valence-electron chi connectivity index (χ0n) is 13.7. The number of hydrogen-bond donors (Lipinski definition) is 1. The minimum absolute atomic E-state index is 0. The maximum atomic E-state index is 12.3. The van der Waals surface area contributed by atoms with Gasteiger partial charge in [0, 0.05) is 11.8 Å². The molecule has 0 amide bonds. The molecule has 3 aliphatic carbocycles. The van der Waals surface area contributed by atoms with Gasteiger partial charge in [-0.1, -0.05) is 20.4 Å². The fraction of sp³-hybridized carbons (Fsp3) is 0.632. The maximum Gasteiger partial charge on any atom is 0.446 e. The van der Waals surface area contributed by atoms with Gasteiger partial charge in [-0.2, -0.15) is 8.42 Å². The molecule has 5 nitrogen and oxygen atoms in total. The predicted octanol–water partition coefficient (Wildman–Crippen LogP) is 3.93. The molecule has 0 aliphatic heterocycles. The Labute approximate surface area is 149 Å². The molecule has 0 spiro atoms. The van der Waals surface area contributed by atoms with E-state index in [0.29, 0.717) is 23.5 Å². The first-order valence-electron chi connectivity index (χ1n) is 8.61. The Bertz CT molecular complexity index is 800. The van der Waals surface area contributed by atoms with Crippen LogP contribution in [0.15, 0.2) is 18.2 Å². The second-order valence-electron chi connectivity index (χ2n) is 7.71. The minimum Gasteiger partial charge on any atom is -0.362 e. The molecule has 4 rings (SSSR count). The predicted molar refractivity (Wildman–Crippen MR) is 95.0 cm³/mol. The Morgan fingerprint density at radius 2 is 1.96 bits per heavy atom. The van der Waals surface area contributed by atoms with Crippen molar-refractivity contribution in [3.8, 4) is 5.75 Å². The van der Waals surface area contributed by atoms with Gasteiger partial charge in [-0.25, -0.2) is 0 Å². The highest BCUT2D eigenvalue weighted by atomic mass is 32.3. The zero-order chi connectivity index (χ0) is 17.1. The number of carbonyl (C=O) groups is 1. The van der Waals surface area contributed by atoms with E-state index in [9.17, 15) is 13.2 Å². The van der Waals surface area contributed by atoms with Crippen molar-refractivity contribution < 1.29 is 21.9 Å². The molecule has 0 heterocycles. The molecule has 6 heteroatoms. The van der Waals surface area contributed by atoms with Gasteiger partial charge in [-0.3, -0.25) is 9.35 Å². The standard InChI is InChI=1S/C18H22O5S.CH4/c1-18-9-8-14-13-5-3-12(23-24(20,21)22)10-11(13)2-4-15(14)16(18)6-7-17(18)19;/h3,5,10,14-16H,2,4,6-9H2,1H3,(H,20,21,22);1H4/t14-,15-,16+,18+;/m1./s1. The first-order chi connectivity index (χ1) is 11.3.